The Morgan fingerprint density at radius 2 is 1.78 bits per heavy atom. The first-order valence-electron chi connectivity index (χ1n) is 5.42. The molecule has 0 aliphatic heterocycles. The monoisotopic (exact) mass is 258 g/mol. The first kappa shape index (κ1) is 11.1. The summed E-state index contributed by atoms with van der Waals surface area (Å²) >= 11 is 5.90. The van der Waals surface area contributed by atoms with Crippen LogP contribution in [0, 0.1) is 5.82 Å². The van der Waals surface area contributed by atoms with Crippen LogP contribution < -0.4 is 0 Å². The van der Waals surface area contributed by atoms with Crippen LogP contribution in [0.4, 0.5) is 4.39 Å². The summed E-state index contributed by atoms with van der Waals surface area (Å²) in [4.78, 5) is 8.35. The summed E-state index contributed by atoms with van der Waals surface area (Å²) in [6.45, 7) is 0. The highest BCUT2D eigenvalue weighted by Gasteiger charge is 2.08. The lowest BCUT2D eigenvalue weighted by molar-refractivity contribution is 0.628. The molecule has 0 spiro atoms. The fraction of sp³-hybridized carbons (Fsp3) is 0. The van der Waals surface area contributed by atoms with E-state index in [4.69, 9.17) is 11.6 Å². The zero-order valence-corrected chi connectivity index (χ0v) is 10.0. The van der Waals surface area contributed by atoms with E-state index in [1.807, 2.05) is 24.3 Å². The van der Waals surface area contributed by atoms with Crippen LogP contribution in [0.2, 0.25) is 5.28 Å². The molecule has 88 valence electrons. The summed E-state index contributed by atoms with van der Waals surface area (Å²) in [5, 5.41) is 1.01. The zero-order chi connectivity index (χ0) is 12.5. The molecule has 0 N–H and O–H groups in total. The van der Waals surface area contributed by atoms with Crippen molar-refractivity contribution in [1.29, 1.82) is 0 Å². The lowest BCUT2D eigenvalue weighted by atomic mass is 10.1. The number of fused-ring (bicyclic) bond motifs is 1. The van der Waals surface area contributed by atoms with Gasteiger partial charge >= 0.3 is 0 Å². The molecule has 4 heteroatoms. The van der Waals surface area contributed by atoms with E-state index in [9.17, 15) is 4.39 Å². The molecule has 0 saturated heterocycles. The fourth-order valence-electron chi connectivity index (χ4n) is 1.90. The average molecular weight is 259 g/mol. The van der Waals surface area contributed by atoms with Gasteiger partial charge in [-0.3, -0.25) is 0 Å². The number of hydrogen-bond acceptors (Lipinski definition) is 2. The molecule has 0 atom stereocenters. The van der Waals surface area contributed by atoms with Crippen molar-refractivity contribution < 1.29 is 4.39 Å². The van der Waals surface area contributed by atoms with Crippen LogP contribution in [0.15, 0.2) is 48.5 Å². The number of para-hydroxylation sites is 1. The zero-order valence-electron chi connectivity index (χ0n) is 9.27. The van der Waals surface area contributed by atoms with Gasteiger partial charge in [0.1, 0.15) is 5.82 Å². The maximum Gasteiger partial charge on any atom is 0.223 e. The van der Waals surface area contributed by atoms with Crippen molar-refractivity contribution in [2.45, 2.75) is 0 Å². The van der Waals surface area contributed by atoms with Crippen LogP contribution >= 0.6 is 11.6 Å². The summed E-state index contributed by atoms with van der Waals surface area (Å²) in [5.74, 6) is -0.300. The number of rotatable bonds is 1. The Kier molecular flexibility index (Phi) is 2.68. The number of benzene rings is 2. The molecule has 1 aromatic heterocycles. The largest absolute Gasteiger partial charge is 0.223 e. The van der Waals surface area contributed by atoms with Crippen LogP contribution in [0.25, 0.3) is 22.2 Å². The second-order valence-corrected chi connectivity index (χ2v) is 4.21. The summed E-state index contributed by atoms with van der Waals surface area (Å²) in [6, 6.07) is 13.8. The molecule has 3 rings (SSSR count). The van der Waals surface area contributed by atoms with Crippen LogP contribution in [-0.2, 0) is 0 Å². The van der Waals surface area contributed by atoms with Gasteiger partial charge in [0, 0.05) is 10.9 Å². The van der Waals surface area contributed by atoms with Gasteiger partial charge in [0.15, 0.2) is 0 Å². The van der Waals surface area contributed by atoms with E-state index < -0.39 is 0 Å². The summed E-state index contributed by atoms with van der Waals surface area (Å²) in [5.41, 5.74) is 2.08. The van der Waals surface area contributed by atoms with Crippen molar-refractivity contribution >= 4 is 22.5 Å². The Morgan fingerprint density at radius 3 is 2.61 bits per heavy atom. The first-order valence-corrected chi connectivity index (χ1v) is 5.80. The third-order valence-electron chi connectivity index (χ3n) is 2.67. The van der Waals surface area contributed by atoms with E-state index in [0.29, 0.717) is 11.3 Å². The molecule has 2 nitrogen and oxygen atoms in total. The number of nitrogens with zero attached hydrogens (tertiary/aromatic N) is 2. The van der Waals surface area contributed by atoms with Crippen molar-refractivity contribution in [3.8, 4) is 11.3 Å². The van der Waals surface area contributed by atoms with E-state index in [2.05, 4.69) is 9.97 Å². The maximum atomic E-state index is 13.3. The molecule has 1 heterocycles. The molecule has 2 aromatic carbocycles. The second kappa shape index (κ2) is 4.35. The van der Waals surface area contributed by atoms with Crippen LogP contribution in [0.3, 0.4) is 0 Å². The maximum absolute atomic E-state index is 13.3. The third-order valence-corrected chi connectivity index (χ3v) is 2.84. The minimum absolute atomic E-state index is 0.160. The van der Waals surface area contributed by atoms with Gasteiger partial charge in [0.2, 0.25) is 5.28 Å². The molecule has 18 heavy (non-hydrogen) atoms. The summed E-state index contributed by atoms with van der Waals surface area (Å²) < 4.78 is 13.3. The highest BCUT2D eigenvalue weighted by Crippen LogP contribution is 2.27. The molecule has 0 aliphatic carbocycles. The van der Waals surface area contributed by atoms with Crippen molar-refractivity contribution in [2.24, 2.45) is 0 Å². The molecule has 0 amide bonds. The quantitative estimate of drug-likeness (QED) is 0.615. The fourth-order valence-corrected chi connectivity index (χ4v) is 2.08. The van der Waals surface area contributed by atoms with Gasteiger partial charge in [-0.2, -0.15) is 0 Å². The van der Waals surface area contributed by atoms with Crippen molar-refractivity contribution in [2.75, 3.05) is 0 Å². The van der Waals surface area contributed by atoms with E-state index in [0.717, 1.165) is 10.9 Å². The molecule has 0 fully saturated rings. The third kappa shape index (κ3) is 1.93. The molecular formula is C14H8ClFN2. The number of halogens is 2. The van der Waals surface area contributed by atoms with Crippen molar-refractivity contribution in [3.63, 3.8) is 0 Å². The lowest BCUT2D eigenvalue weighted by Gasteiger charge is -2.06. The molecule has 0 saturated carbocycles. The SMILES string of the molecule is Fc1cccc(-c2nc(Cl)nc3ccccc23)c1. The summed E-state index contributed by atoms with van der Waals surface area (Å²) in [6.07, 6.45) is 0. The predicted octanol–water partition coefficient (Wildman–Crippen LogP) is 4.09. The Morgan fingerprint density at radius 1 is 0.944 bits per heavy atom. The smallest absolute Gasteiger partial charge is 0.218 e. The summed E-state index contributed by atoms with van der Waals surface area (Å²) in [7, 11) is 0. The number of hydrogen-bond donors (Lipinski definition) is 0. The lowest BCUT2D eigenvalue weighted by Crippen LogP contribution is -1.91. The van der Waals surface area contributed by atoms with E-state index in [-0.39, 0.29) is 11.1 Å². The molecule has 0 unspecified atom stereocenters. The number of aromatic nitrogens is 2. The first-order chi connectivity index (χ1) is 8.74. The Balaban J connectivity index is 2.34. The van der Waals surface area contributed by atoms with Crippen LogP contribution in [-0.4, -0.2) is 9.97 Å². The Hall–Kier alpha value is -2.00. The van der Waals surface area contributed by atoms with Gasteiger partial charge in [0.25, 0.3) is 0 Å². The van der Waals surface area contributed by atoms with Gasteiger partial charge in [0.05, 0.1) is 11.2 Å². The van der Waals surface area contributed by atoms with Gasteiger partial charge in [-0.15, -0.1) is 0 Å². The predicted molar refractivity (Wildman–Crippen MR) is 69.9 cm³/mol. The molecule has 0 bridgehead atoms. The second-order valence-electron chi connectivity index (χ2n) is 3.87. The van der Waals surface area contributed by atoms with Gasteiger partial charge in [-0.1, -0.05) is 30.3 Å². The van der Waals surface area contributed by atoms with Gasteiger partial charge < -0.3 is 0 Å². The Labute approximate surface area is 108 Å². The molecule has 0 aliphatic rings. The van der Waals surface area contributed by atoms with E-state index >= 15 is 0 Å². The van der Waals surface area contributed by atoms with Crippen LogP contribution in [0.5, 0.6) is 0 Å². The van der Waals surface area contributed by atoms with E-state index in [1.165, 1.54) is 12.1 Å². The normalized spacial score (nSPS) is 10.8. The topological polar surface area (TPSA) is 25.8 Å². The van der Waals surface area contributed by atoms with E-state index in [1.54, 1.807) is 12.1 Å². The Bertz CT molecular complexity index is 728. The standard InChI is InChI=1S/C14H8ClFN2/c15-14-17-12-7-2-1-6-11(12)13(18-14)9-4-3-5-10(16)8-9/h1-8H. The van der Waals surface area contributed by atoms with Gasteiger partial charge in [-0.05, 0) is 29.8 Å². The highest BCUT2D eigenvalue weighted by atomic mass is 35.5. The van der Waals surface area contributed by atoms with Crippen molar-refractivity contribution in [1.82, 2.24) is 9.97 Å². The van der Waals surface area contributed by atoms with Crippen LogP contribution in [0.1, 0.15) is 0 Å². The average Bonchev–Trinajstić information content (AvgIpc) is 2.37. The molecule has 3 aromatic rings. The van der Waals surface area contributed by atoms with Gasteiger partial charge in [-0.25, -0.2) is 14.4 Å². The highest BCUT2D eigenvalue weighted by molar-refractivity contribution is 6.28. The molecule has 0 radical (unpaired) electrons. The molecular weight excluding hydrogens is 251 g/mol. The minimum atomic E-state index is -0.300. The van der Waals surface area contributed by atoms with Crippen molar-refractivity contribution in [3.05, 3.63) is 59.6 Å². The minimum Gasteiger partial charge on any atom is -0.218 e.